The second-order valence-corrected chi connectivity index (χ2v) is 3.09. The van der Waals surface area contributed by atoms with E-state index in [0.717, 1.165) is 24.8 Å². The van der Waals surface area contributed by atoms with Crippen LogP contribution in [-0.2, 0) is 4.74 Å². The molecule has 62 valence electrons. The monoisotopic (exact) mass is 210 g/mol. The maximum atomic E-state index is 8.82. The topological polar surface area (TPSA) is 29.5 Å². The van der Waals surface area contributed by atoms with Gasteiger partial charge in [0.25, 0.3) is 0 Å². The molecule has 0 saturated carbocycles. The zero-order valence-corrected chi connectivity index (χ0v) is 7.93. The van der Waals surface area contributed by atoms with Crippen LogP contribution < -0.4 is 0 Å². The van der Waals surface area contributed by atoms with Gasteiger partial charge >= 0.3 is 0 Å². The van der Waals surface area contributed by atoms with Crippen molar-refractivity contribution in [1.82, 2.24) is 0 Å². The van der Waals surface area contributed by atoms with E-state index in [1.54, 1.807) is 6.92 Å². The van der Waals surface area contributed by atoms with Gasteiger partial charge in [0.2, 0.25) is 0 Å². The molecule has 0 heterocycles. The molecule has 0 aliphatic rings. The molecule has 0 aromatic rings. The second kappa shape index (κ2) is 7.51. The molecule has 0 aromatic heterocycles. The lowest BCUT2D eigenvalue weighted by atomic mass is 10.3. The SMILES string of the molecule is CC(O)CCOCCCBr. The molecule has 1 atom stereocenters. The molecule has 0 aromatic carbocycles. The quantitative estimate of drug-likeness (QED) is 0.533. The smallest absolute Gasteiger partial charge is 0.0534 e. The molecule has 0 aliphatic heterocycles. The summed E-state index contributed by atoms with van der Waals surface area (Å²) in [5.41, 5.74) is 0. The lowest BCUT2D eigenvalue weighted by molar-refractivity contribution is 0.0902. The van der Waals surface area contributed by atoms with E-state index in [0.29, 0.717) is 6.61 Å². The summed E-state index contributed by atoms with van der Waals surface area (Å²) in [7, 11) is 0. The van der Waals surface area contributed by atoms with Gasteiger partial charge in [0.1, 0.15) is 0 Å². The van der Waals surface area contributed by atoms with Gasteiger partial charge in [0.15, 0.2) is 0 Å². The van der Waals surface area contributed by atoms with Crippen molar-refractivity contribution in [3.63, 3.8) is 0 Å². The lowest BCUT2D eigenvalue weighted by Crippen LogP contribution is -2.06. The van der Waals surface area contributed by atoms with Crippen LogP contribution in [0.5, 0.6) is 0 Å². The summed E-state index contributed by atoms with van der Waals surface area (Å²) in [6.07, 6.45) is 1.55. The van der Waals surface area contributed by atoms with Gasteiger partial charge < -0.3 is 9.84 Å². The number of hydrogen-bond acceptors (Lipinski definition) is 2. The van der Waals surface area contributed by atoms with E-state index in [1.807, 2.05) is 0 Å². The van der Waals surface area contributed by atoms with Crippen LogP contribution in [0.15, 0.2) is 0 Å². The van der Waals surface area contributed by atoms with Crippen LogP contribution >= 0.6 is 15.9 Å². The molecule has 0 rings (SSSR count). The Balaban J connectivity index is 2.77. The summed E-state index contributed by atoms with van der Waals surface area (Å²) < 4.78 is 5.19. The third-order valence-corrected chi connectivity index (χ3v) is 1.66. The minimum absolute atomic E-state index is 0.232. The van der Waals surface area contributed by atoms with Gasteiger partial charge in [0, 0.05) is 18.5 Å². The normalized spacial score (nSPS) is 13.5. The fourth-order valence-corrected chi connectivity index (χ4v) is 0.741. The Bertz CT molecular complexity index is 66.6. The van der Waals surface area contributed by atoms with Crippen LogP contribution in [0, 0.1) is 0 Å². The first-order valence-corrected chi connectivity index (χ1v) is 4.71. The number of aliphatic hydroxyl groups excluding tert-OH is 1. The Kier molecular flexibility index (Phi) is 7.81. The van der Waals surface area contributed by atoms with E-state index >= 15 is 0 Å². The summed E-state index contributed by atoms with van der Waals surface area (Å²) >= 11 is 3.30. The van der Waals surface area contributed by atoms with Crippen molar-refractivity contribution in [2.45, 2.75) is 25.9 Å². The lowest BCUT2D eigenvalue weighted by Gasteiger charge is -2.03. The Morgan fingerprint density at radius 1 is 1.50 bits per heavy atom. The molecule has 2 nitrogen and oxygen atoms in total. The van der Waals surface area contributed by atoms with Crippen molar-refractivity contribution >= 4 is 15.9 Å². The molecular weight excluding hydrogens is 196 g/mol. The third-order valence-electron chi connectivity index (χ3n) is 1.10. The first-order chi connectivity index (χ1) is 4.77. The van der Waals surface area contributed by atoms with Crippen LogP contribution in [0.4, 0.5) is 0 Å². The highest BCUT2D eigenvalue weighted by molar-refractivity contribution is 9.09. The van der Waals surface area contributed by atoms with Crippen LogP contribution in [0.25, 0.3) is 0 Å². The van der Waals surface area contributed by atoms with Crippen LogP contribution in [0.2, 0.25) is 0 Å². The van der Waals surface area contributed by atoms with E-state index in [1.165, 1.54) is 0 Å². The van der Waals surface area contributed by atoms with Gasteiger partial charge in [-0.15, -0.1) is 0 Å². The van der Waals surface area contributed by atoms with Gasteiger partial charge in [0.05, 0.1) is 6.10 Å². The average Bonchev–Trinajstić information content (AvgIpc) is 1.87. The Morgan fingerprint density at radius 2 is 2.20 bits per heavy atom. The van der Waals surface area contributed by atoms with Gasteiger partial charge in [-0.2, -0.15) is 0 Å². The molecule has 10 heavy (non-hydrogen) atoms. The number of ether oxygens (including phenoxy) is 1. The molecule has 0 aliphatic carbocycles. The fourth-order valence-electron chi connectivity index (χ4n) is 0.513. The predicted octanol–water partition coefficient (Wildman–Crippen LogP) is 1.56. The Morgan fingerprint density at radius 3 is 2.70 bits per heavy atom. The average molecular weight is 211 g/mol. The number of aliphatic hydroxyl groups is 1. The summed E-state index contributed by atoms with van der Waals surface area (Å²) in [5, 5.41) is 9.81. The van der Waals surface area contributed by atoms with Gasteiger partial charge in [-0.1, -0.05) is 15.9 Å². The van der Waals surface area contributed by atoms with Crippen molar-refractivity contribution in [3.8, 4) is 0 Å². The largest absolute Gasteiger partial charge is 0.393 e. The summed E-state index contributed by atoms with van der Waals surface area (Å²) in [5.74, 6) is 0. The highest BCUT2D eigenvalue weighted by Gasteiger charge is 1.93. The minimum Gasteiger partial charge on any atom is -0.393 e. The van der Waals surface area contributed by atoms with Crippen LogP contribution in [-0.4, -0.2) is 29.8 Å². The highest BCUT2D eigenvalue weighted by Crippen LogP contribution is 1.92. The number of alkyl halides is 1. The van der Waals surface area contributed by atoms with Gasteiger partial charge in [-0.3, -0.25) is 0 Å². The first-order valence-electron chi connectivity index (χ1n) is 3.59. The van der Waals surface area contributed by atoms with E-state index in [4.69, 9.17) is 9.84 Å². The molecule has 1 unspecified atom stereocenters. The summed E-state index contributed by atoms with van der Waals surface area (Å²) in [4.78, 5) is 0. The summed E-state index contributed by atoms with van der Waals surface area (Å²) in [6.45, 7) is 3.23. The zero-order valence-electron chi connectivity index (χ0n) is 6.35. The minimum atomic E-state index is -0.232. The van der Waals surface area contributed by atoms with E-state index in [9.17, 15) is 0 Å². The Labute approximate surface area is 70.7 Å². The van der Waals surface area contributed by atoms with Crippen molar-refractivity contribution < 1.29 is 9.84 Å². The van der Waals surface area contributed by atoms with E-state index in [2.05, 4.69) is 15.9 Å². The highest BCUT2D eigenvalue weighted by atomic mass is 79.9. The maximum absolute atomic E-state index is 8.82. The van der Waals surface area contributed by atoms with E-state index < -0.39 is 0 Å². The van der Waals surface area contributed by atoms with Gasteiger partial charge in [-0.05, 0) is 19.8 Å². The van der Waals surface area contributed by atoms with Gasteiger partial charge in [-0.25, -0.2) is 0 Å². The Hall–Kier alpha value is 0.400. The second-order valence-electron chi connectivity index (χ2n) is 2.29. The van der Waals surface area contributed by atoms with E-state index in [-0.39, 0.29) is 6.10 Å². The number of rotatable bonds is 6. The molecule has 0 fully saturated rings. The molecule has 0 bridgehead atoms. The van der Waals surface area contributed by atoms with Crippen LogP contribution in [0.1, 0.15) is 19.8 Å². The molecule has 3 heteroatoms. The van der Waals surface area contributed by atoms with Crippen LogP contribution in [0.3, 0.4) is 0 Å². The molecular formula is C7H15BrO2. The molecule has 0 amide bonds. The maximum Gasteiger partial charge on any atom is 0.0534 e. The van der Waals surface area contributed by atoms with Crippen molar-refractivity contribution in [3.05, 3.63) is 0 Å². The standard InChI is InChI=1S/C7H15BrO2/c1-7(9)3-6-10-5-2-4-8/h7,9H,2-6H2,1H3. The predicted molar refractivity (Wildman–Crippen MR) is 45.5 cm³/mol. The first kappa shape index (κ1) is 10.4. The van der Waals surface area contributed by atoms with Crippen molar-refractivity contribution in [1.29, 1.82) is 0 Å². The third kappa shape index (κ3) is 8.40. The van der Waals surface area contributed by atoms with Crippen molar-refractivity contribution in [2.24, 2.45) is 0 Å². The molecule has 0 radical (unpaired) electrons. The zero-order chi connectivity index (χ0) is 7.82. The van der Waals surface area contributed by atoms with Crippen molar-refractivity contribution in [2.75, 3.05) is 18.5 Å². The number of halogens is 1. The molecule has 0 spiro atoms. The molecule has 1 N–H and O–H groups in total. The summed E-state index contributed by atoms with van der Waals surface area (Å²) in [6, 6.07) is 0. The number of hydrogen-bond donors (Lipinski definition) is 1. The fraction of sp³-hybridized carbons (Fsp3) is 1.00. The molecule has 0 saturated heterocycles.